The number of hydrogen-bond acceptors (Lipinski definition) is 3. The zero-order chi connectivity index (χ0) is 13.5. The third-order valence-electron chi connectivity index (χ3n) is 2.55. The number of carbonyl (C=O) groups is 2. The Morgan fingerprint density at radius 1 is 1.33 bits per heavy atom. The zero-order valence-corrected chi connectivity index (χ0v) is 10.7. The maximum absolute atomic E-state index is 11.6. The van der Waals surface area contributed by atoms with Gasteiger partial charge in [-0.1, -0.05) is 31.5 Å². The van der Waals surface area contributed by atoms with Gasteiger partial charge in [-0.3, -0.25) is 10.1 Å². The zero-order valence-electron chi connectivity index (χ0n) is 10.7. The molecule has 18 heavy (non-hydrogen) atoms. The number of primary amides is 1. The van der Waals surface area contributed by atoms with Crippen molar-refractivity contribution in [2.45, 2.75) is 32.7 Å². The SMILES string of the molecule is CCCc1ccccc1NC(C)C(=O)NC(N)=O. The van der Waals surface area contributed by atoms with Gasteiger partial charge >= 0.3 is 6.03 Å². The Morgan fingerprint density at radius 2 is 2.00 bits per heavy atom. The van der Waals surface area contributed by atoms with Crippen LogP contribution in [0.4, 0.5) is 10.5 Å². The van der Waals surface area contributed by atoms with Gasteiger partial charge in [0.15, 0.2) is 0 Å². The lowest BCUT2D eigenvalue weighted by Crippen LogP contribution is -2.43. The summed E-state index contributed by atoms with van der Waals surface area (Å²) in [7, 11) is 0. The van der Waals surface area contributed by atoms with Gasteiger partial charge in [-0.05, 0) is 25.0 Å². The average molecular weight is 249 g/mol. The summed E-state index contributed by atoms with van der Waals surface area (Å²) in [6.07, 6.45) is 1.97. The van der Waals surface area contributed by atoms with Crippen LogP contribution in [0.1, 0.15) is 25.8 Å². The molecule has 0 heterocycles. The monoisotopic (exact) mass is 249 g/mol. The Morgan fingerprint density at radius 3 is 2.61 bits per heavy atom. The van der Waals surface area contributed by atoms with Gasteiger partial charge in [0, 0.05) is 5.69 Å². The Bertz CT molecular complexity index is 432. The van der Waals surface area contributed by atoms with E-state index in [1.807, 2.05) is 24.3 Å². The fourth-order valence-electron chi connectivity index (χ4n) is 1.68. The Kier molecular flexibility index (Phi) is 5.17. The highest BCUT2D eigenvalue weighted by Crippen LogP contribution is 2.17. The number of nitrogens with one attached hydrogen (secondary N) is 2. The second kappa shape index (κ2) is 6.64. The van der Waals surface area contributed by atoms with Gasteiger partial charge in [0.1, 0.15) is 6.04 Å². The number of amides is 3. The first-order chi connectivity index (χ1) is 8.54. The minimum atomic E-state index is -0.838. The summed E-state index contributed by atoms with van der Waals surface area (Å²) >= 11 is 0. The highest BCUT2D eigenvalue weighted by Gasteiger charge is 2.15. The molecule has 0 fully saturated rings. The summed E-state index contributed by atoms with van der Waals surface area (Å²) in [5.41, 5.74) is 6.96. The van der Waals surface area contributed by atoms with Gasteiger partial charge in [0.25, 0.3) is 0 Å². The van der Waals surface area contributed by atoms with Crippen molar-refractivity contribution < 1.29 is 9.59 Å². The predicted octanol–water partition coefficient (Wildman–Crippen LogP) is 1.63. The van der Waals surface area contributed by atoms with Crippen molar-refractivity contribution in [3.05, 3.63) is 29.8 Å². The van der Waals surface area contributed by atoms with E-state index in [4.69, 9.17) is 5.73 Å². The van der Waals surface area contributed by atoms with Crippen molar-refractivity contribution in [1.82, 2.24) is 5.32 Å². The molecule has 0 saturated heterocycles. The van der Waals surface area contributed by atoms with Gasteiger partial charge < -0.3 is 11.1 Å². The number of para-hydroxylation sites is 1. The van der Waals surface area contributed by atoms with E-state index in [1.54, 1.807) is 6.92 Å². The van der Waals surface area contributed by atoms with Crippen LogP contribution >= 0.6 is 0 Å². The topological polar surface area (TPSA) is 84.2 Å². The smallest absolute Gasteiger partial charge is 0.318 e. The van der Waals surface area contributed by atoms with Crippen molar-refractivity contribution >= 4 is 17.6 Å². The molecule has 0 aromatic heterocycles. The molecule has 98 valence electrons. The van der Waals surface area contributed by atoms with Gasteiger partial charge in [0.2, 0.25) is 5.91 Å². The standard InChI is InChI=1S/C13H19N3O2/c1-3-6-10-7-4-5-8-11(10)15-9(2)12(17)16-13(14)18/h4-5,7-9,15H,3,6H2,1-2H3,(H3,14,16,17,18). The van der Waals surface area contributed by atoms with E-state index in [2.05, 4.69) is 17.6 Å². The number of urea groups is 1. The number of carbonyl (C=O) groups excluding carboxylic acids is 2. The third kappa shape index (κ3) is 4.08. The Hall–Kier alpha value is -2.04. The lowest BCUT2D eigenvalue weighted by atomic mass is 10.1. The molecular weight excluding hydrogens is 230 g/mol. The predicted molar refractivity (Wildman–Crippen MR) is 71.2 cm³/mol. The Labute approximate surface area is 107 Å². The number of imide groups is 1. The number of benzene rings is 1. The van der Waals surface area contributed by atoms with Crippen molar-refractivity contribution in [3.8, 4) is 0 Å². The molecule has 3 amide bonds. The molecule has 4 N–H and O–H groups in total. The van der Waals surface area contributed by atoms with Crippen LogP contribution in [0, 0.1) is 0 Å². The molecule has 1 atom stereocenters. The first-order valence-electron chi connectivity index (χ1n) is 5.99. The maximum Gasteiger partial charge on any atom is 0.318 e. The third-order valence-corrected chi connectivity index (χ3v) is 2.55. The summed E-state index contributed by atoms with van der Waals surface area (Å²) in [6, 6.07) is 6.44. The molecule has 0 spiro atoms. The first kappa shape index (κ1) is 14.0. The van der Waals surface area contributed by atoms with Crippen LogP contribution in [0.2, 0.25) is 0 Å². The van der Waals surface area contributed by atoms with E-state index in [0.717, 1.165) is 24.1 Å². The van der Waals surface area contributed by atoms with Crippen molar-refractivity contribution in [1.29, 1.82) is 0 Å². The van der Waals surface area contributed by atoms with Crippen LogP contribution in [-0.2, 0) is 11.2 Å². The minimum absolute atomic E-state index is 0.436. The fourth-order valence-corrected chi connectivity index (χ4v) is 1.68. The fraction of sp³-hybridized carbons (Fsp3) is 0.385. The van der Waals surface area contributed by atoms with Crippen molar-refractivity contribution in [2.75, 3.05) is 5.32 Å². The molecule has 0 aliphatic heterocycles. The molecule has 1 aromatic carbocycles. The van der Waals surface area contributed by atoms with Crippen LogP contribution < -0.4 is 16.4 Å². The van der Waals surface area contributed by atoms with Crippen LogP contribution in [0.25, 0.3) is 0 Å². The second-order valence-electron chi connectivity index (χ2n) is 4.13. The number of anilines is 1. The summed E-state index contributed by atoms with van der Waals surface area (Å²) < 4.78 is 0. The molecule has 5 nitrogen and oxygen atoms in total. The highest BCUT2D eigenvalue weighted by atomic mass is 16.2. The summed E-state index contributed by atoms with van der Waals surface area (Å²) in [5, 5.41) is 5.13. The lowest BCUT2D eigenvalue weighted by Gasteiger charge is -2.16. The number of aryl methyl sites for hydroxylation is 1. The number of hydrogen-bond donors (Lipinski definition) is 3. The summed E-state index contributed by atoms with van der Waals surface area (Å²) in [5.74, 6) is -0.436. The molecule has 1 aromatic rings. The van der Waals surface area contributed by atoms with E-state index in [9.17, 15) is 9.59 Å². The minimum Gasteiger partial charge on any atom is -0.374 e. The molecule has 1 unspecified atom stereocenters. The average Bonchev–Trinajstić information content (AvgIpc) is 2.31. The lowest BCUT2D eigenvalue weighted by molar-refractivity contribution is -0.120. The molecule has 0 aliphatic carbocycles. The molecular formula is C13H19N3O2. The molecule has 1 rings (SSSR count). The first-order valence-corrected chi connectivity index (χ1v) is 5.99. The van der Waals surface area contributed by atoms with Crippen LogP contribution in [0.5, 0.6) is 0 Å². The molecule has 5 heteroatoms. The highest BCUT2D eigenvalue weighted by molar-refractivity contribution is 5.97. The van der Waals surface area contributed by atoms with Crippen LogP contribution in [-0.4, -0.2) is 18.0 Å². The van der Waals surface area contributed by atoms with Gasteiger partial charge in [-0.25, -0.2) is 4.79 Å². The van der Waals surface area contributed by atoms with Crippen molar-refractivity contribution in [3.63, 3.8) is 0 Å². The van der Waals surface area contributed by atoms with Gasteiger partial charge in [0.05, 0.1) is 0 Å². The largest absolute Gasteiger partial charge is 0.374 e. The van der Waals surface area contributed by atoms with E-state index in [0.29, 0.717) is 0 Å². The van der Waals surface area contributed by atoms with Gasteiger partial charge in [-0.15, -0.1) is 0 Å². The maximum atomic E-state index is 11.6. The molecule has 0 aliphatic rings. The molecule has 0 bridgehead atoms. The normalized spacial score (nSPS) is 11.7. The second-order valence-corrected chi connectivity index (χ2v) is 4.13. The van der Waals surface area contributed by atoms with E-state index < -0.39 is 18.0 Å². The summed E-state index contributed by atoms with van der Waals surface area (Å²) in [4.78, 5) is 22.2. The van der Waals surface area contributed by atoms with Crippen molar-refractivity contribution in [2.24, 2.45) is 5.73 Å². The molecule has 0 saturated carbocycles. The van der Waals surface area contributed by atoms with Crippen LogP contribution in [0.3, 0.4) is 0 Å². The van der Waals surface area contributed by atoms with E-state index >= 15 is 0 Å². The van der Waals surface area contributed by atoms with E-state index in [1.165, 1.54) is 0 Å². The molecule has 0 radical (unpaired) electrons. The number of rotatable bonds is 5. The van der Waals surface area contributed by atoms with E-state index in [-0.39, 0.29) is 0 Å². The summed E-state index contributed by atoms with van der Waals surface area (Å²) in [6.45, 7) is 3.78. The number of nitrogens with two attached hydrogens (primary N) is 1. The van der Waals surface area contributed by atoms with Gasteiger partial charge in [-0.2, -0.15) is 0 Å². The quantitative estimate of drug-likeness (QED) is 0.741. The Balaban J connectivity index is 2.71. The van der Waals surface area contributed by atoms with Crippen LogP contribution in [0.15, 0.2) is 24.3 Å².